The molecule has 1 aliphatic rings. The Morgan fingerprint density at radius 3 is 2.94 bits per heavy atom. The molecular formula is C13H19ClN2O. The van der Waals surface area contributed by atoms with Crippen LogP contribution >= 0.6 is 11.6 Å². The molecule has 1 aromatic rings. The van der Waals surface area contributed by atoms with Gasteiger partial charge >= 0.3 is 0 Å². The molecule has 0 aromatic heterocycles. The van der Waals surface area contributed by atoms with E-state index < -0.39 is 0 Å². The average Bonchev–Trinajstić information content (AvgIpc) is 2.32. The fraction of sp³-hybridized carbons (Fsp3) is 0.538. The molecule has 0 amide bonds. The van der Waals surface area contributed by atoms with E-state index in [2.05, 4.69) is 5.32 Å². The maximum atomic E-state index is 5.99. The highest BCUT2D eigenvalue weighted by molar-refractivity contribution is 6.32. The van der Waals surface area contributed by atoms with Gasteiger partial charge in [-0.25, -0.2) is 0 Å². The van der Waals surface area contributed by atoms with Crippen LogP contribution in [0.5, 0.6) is 5.75 Å². The van der Waals surface area contributed by atoms with Crippen molar-refractivity contribution in [1.82, 2.24) is 0 Å². The molecule has 0 heterocycles. The Labute approximate surface area is 107 Å². The SMILES string of the molecule is COc1cc(NC2CCCC(N)C2)ccc1Cl. The first-order valence-electron chi connectivity index (χ1n) is 6.04. The van der Waals surface area contributed by atoms with Crippen LogP contribution < -0.4 is 15.8 Å². The number of methoxy groups -OCH3 is 1. The second-order valence-corrected chi connectivity index (χ2v) is 5.02. The average molecular weight is 255 g/mol. The Morgan fingerprint density at radius 1 is 1.41 bits per heavy atom. The fourth-order valence-electron chi connectivity index (χ4n) is 2.34. The normalized spacial score (nSPS) is 24.4. The largest absolute Gasteiger partial charge is 0.495 e. The van der Waals surface area contributed by atoms with Crippen LogP contribution in [0.1, 0.15) is 25.7 Å². The molecule has 2 unspecified atom stereocenters. The van der Waals surface area contributed by atoms with Gasteiger partial charge in [-0.2, -0.15) is 0 Å². The standard InChI is InChI=1S/C13H19ClN2O/c1-17-13-8-11(5-6-12(13)14)16-10-4-2-3-9(15)7-10/h5-6,8-10,16H,2-4,7,15H2,1H3. The lowest BCUT2D eigenvalue weighted by Crippen LogP contribution is -2.34. The van der Waals surface area contributed by atoms with Crippen LogP contribution in [0, 0.1) is 0 Å². The summed E-state index contributed by atoms with van der Waals surface area (Å²) in [4.78, 5) is 0. The van der Waals surface area contributed by atoms with E-state index in [1.54, 1.807) is 7.11 Å². The van der Waals surface area contributed by atoms with Crippen LogP contribution in [0.15, 0.2) is 18.2 Å². The zero-order chi connectivity index (χ0) is 12.3. The fourth-order valence-corrected chi connectivity index (χ4v) is 2.54. The van der Waals surface area contributed by atoms with Gasteiger partial charge in [0, 0.05) is 23.8 Å². The Bertz CT molecular complexity index is 384. The molecule has 0 radical (unpaired) electrons. The van der Waals surface area contributed by atoms with Crippen molar-refractivity contribution in [3.8, 4) is 5.75 Å². The van der Waals surface area contributed by atoms with Crippen LogP contribution in [0.25, 0.3) is 0 Å². The third-order valence-electron chi connectivity index (χ3n) is 3.24. The molecule has 0 aliphatic heterocycles. The minimum absolute atomic E-state index is 0.329. The van der Waals surface area contributed by atoms with E-state index in [1.807, 2.05) is 18.2 Å². The van der Waals surface area contributed by atoms with E-state index in [0.29, 0.717) is 22.9 Å². The summed E-state index contributed by atoms with van der Waals surface area (Å²) in [7, 11) is 1.63. The van der Waals surface area contributed by atoms with Crippen LogP contribution in [-0.4, -0.2) is 19.2 Å². The van der Waals surface area contributed by atoms with Gasteiger partial charge in [0.05, 0.1) is 12.1 Å². The molecule has 0 bridgehead atoms. The molecule has 1 aliphatic carbocycles. The number of hydrogen-bond donors (Lipinski definition) is 2. The molecule has 1 fully saturated rings. The summed E-state index contributed by atoms with van der Waals surface area (Å²) in [6.07, 6.45) is 4.55. The van der Waals surface area contributed by atoms with Crippen molar-refractivity contribution in [2.45, 2.75) is 37.8 Å². The van der Waals surface area contributed by atoms with Gasteiger partial charge in [-0.05, 0) is 37.8 Å². The van der Waals surface area contributed by atoms with Crippen LogP contribution in [-0.2, 0) is 0 Å². The highest BCUT2D eigenvalue weighted by atomic mass is 35.5. The zero-order valence-corrected chi connectivity index (χ0v) is 10.8. The summed E-state index contributed by atoms with van der Waals surface area (Å²) in [6.45, 7) is 0. The molecule has 2 atom stereocenters. The summed E-state index contributed by atoms with van der Waals surface area (Å²) in [6, 6.07) is 6.55. The molecule has 2 rings (SSSR count). The number of anilines is 1. The van der Waals surface area contributed by atoms with Crippen molar-refractivity contribution < 1.29 is 4.74 Å². The lowest BCUT2D eigenvalue weighted by atomic mass is 9.91. The van der Waals surface area contributed by atoms with E-state index in [1.165, 1.54) is 12.8 Å². The number of nitrogens with one attached hydrogen (secondary N) is 1. The highest BCUT2D eigenvalue weighted by Gasteiger charge is 2.19. The predicted molar refractivity (Wildman–Crippen MR) is 71.9 cm³/mol. The Balaban J connectivity index is 2.02. The van der Waals surface area contributed by atoms with Crippen molar-refractivity contribution in [2.24, 2.45) is 5.73 Å². The number of benzene rings is 1. The number of ether oxygens (including phenoxy) is 1. The van der Waals surface area contributed by atoms with E-state index >= 15 is 0 Å². The van der Waals surface area contributed by atoms with Crippen molar-refractivity contribution in [2.75, 3.05) is 12.4 Å². The van der Waals surface area contributed by atoms with E-state index in [-0.39, 0.29) is 0 Å². The van der Waals surface area contributed by atoms with Crippen molar-refractivity contribution in [3.05, 3.63) is 23.2 Å². The number of halogens is 1. The molecule has 94 valence electrons. The molecule has 17 heavy (non-hydrogen) atoms. The number of nitrogens with two attached hydrogens (primary N) is 1. The first-order chi connectivity index (χ1) is 8.19. The first-order valence-corrected chi connectivity index (χ1v) is 6.42. The summed E-state index contributed by atoms with van der Waals surface area (Å²) in [5.74, 6) is 0.705. The van der Waals surface area contributed by atoms with E-state index in [0.717, 1.165) is 18.5 Å². The molecule has 3 nitrogen and oxygen atoms in total. The first kappa shape index (κ1) is 12.5. The second-order valence-electron chi connectivity index (χ2n) is 4.62. The third kappa shape index (κ3) is 3.27. The third-order valence-corrected chi connectivity index (χ3v) is 3.55. The molecule has 4 heteroatoms. The van der Waals surface area contributed by atoms with Crippen molar-refractivity contribution in [1.29, 1.82) is 0 Å². The Morgan fingerprint density at radius 2 is 2.24 bits per heavy atom. The topological polar surface area (TPSA) is 47.3 Å². The van der Waals surface area contributed by atoms with Gasteiger partial charge in [0.2, 0.25) is 0 Å². The minimum Gasteiger partial charge on any atom is -0.495 e. The van der Waals surface area contributed by atoms with Crippen LogP contribution in [0.4, 0.5) is 5.69 Å². The van der Waals surface area contributed by atoms with E-state index in [9.17, 15) is 0 Å². The summed E-state index contributed by atoms with van der Waals surface area (Å²) >= 11 is 5.99. The maximum absolute atomic E-state index is 5.99. The van der Waals surface area contributed by atoms with Gasteiger partial charge < -0.3 is 15.8 Å². The highest BCUT2D eigenvalue weighted by Crippen LogP contribution is 2.29. The monoisotopic (exact) mass is 254 g/mol. The Hall–Kier alpha value is -0.930. The van der Waals surface area contributed by atoms with Gasteiger partial charge in [-0.15, -0.1) is 0 Å². The Kier molecular flexibility index (Phi) is 4.13. The van der Waals surface area contributed by atoms with Gasteiger partial charge in [0.15, 0.2) is 0 Å². The number of rotatable bonds is 3. The summed E-state index contributed by atoms with van der Waals surface area (Å²) in [5, 5.41) is 4.13. The molecule has 0 saturated heterocycles. The second kappa shape index (κ2) is 5.61. The van der Waals surface area contributed by atoms with E-state index in [4.69, 9.17) is 22.1 Å². The van der Waals surface area contributed by atoms with Gasteiger partial charge in [-0.3, -0.25) is 0 Å². The van der Waals surface area contributed by atoms with Gasteiger partial charge in [-0.1, -0.05) is 11.6 Å². The lowest BCUT2D eigenvalue weighted by Gasteiger charge is -2.28. The predicted octanol–water partition coefficient (Wildman–Crippen LogP) is 3.03. The maximum Gasteiger partial charge on any atom is 0.139 e. The molecular weight excluding hydrogens is 236 g/mol. The summed E-state index contributed by atoms with van der Waals surface area (Å²) < 4.78 is 5.20. The molecule has 1 aromatic carbocycles. The molecule has 1 saturated carbocycles. The smallest absolute Gasteiger partial charge is 0.139 e. The van der Waals surface area contributed by atoms with Gasteiger partial charge in [0.1, 0.15) is 5.75 Å². The van der Waals surface area contributed by atoms with Crippen LogP contribution in [0.2, 0.25) is 5.02 Å². The van der Waals surface area contributed by atoms with Crippen molar-refractivity contribution >= 4 is 17.3 Å². The van der Waals surface area contributed by atoms with Crippen LogP contribution in [0.3, 0.4) is 0 Å². The molecule has 3 N–H and O–H groups in total. The van der Waals surface area contributed by atoms with Crippen molar-refractivity contribution in [3.63, 3.8) is 0 Å². The molecule has 0 spiro atoms. The number of hydrogen-bond acceptors (Lipinski definition) is 3. The van der Waals surface area contributed by atoms with Gasteiger partial charge in [0.25, 0.3) is 0 Å². The quantitative estimate of drug-likeness (QED) is 0.872. The minimum atomic E-state index is 0.329. The lowest BCUT2D eigenvalue weighted by molar-refractivity contribution is 0.407. The zero-order valence-electron chi connectivity index (χ0n) is 10.1. The summed E-state index contributed by atoms with van der Waals surface area (Å²) in [5.41, 5.74) is 7.02.